The van der Waals surface area contributed by atoms with E-state index >= 15 is 0 Å². The number of aliphatic hydroxyl groups is 1. The fourth-order valence-electron chi connectivity index (χ4n) is 1.15. The van der Waals surface area contributed by atoms with E-state index in [4.69, 9.17) is 10.8 Å². The number of anilines is 1. The van der Waals surface area contributed by atoms with Gasteiger partial charge in [-0.2, -0.15) is 0 Å². The molecule has 0 aromatic heterocycles. The third kappa shape index (κ3) is 5.62. The number of nitrogens with one attached hydrogen (secondary N) is 2. The highest BCUT2D eigenvalue weighted by Crippen LogP contribution is 2.08. The summed E-state index contributed by atoms with van der Waals surface area (Å²) in [5.41, 5.74) is 6.44. The monoisotopic (exact) mass is 273 g/mol. The summed E-state index contributed by atoms with van der Waals surface area (Å²) >= 11 is 0. The Morgan fingerprint density at radius 1 is 1.17 bits per heavy atom. The van der Waals surface area contributed by atoms with Crippen molar-refractivity contribution in [1.82, 2.24) is 5.32 Å². The van der Waals surface area contributed by atoms with Crippen LogP contribution in [-0.2, 0) is 16.2 Å². The zero-order chi connectivity index (χ0) is 12.7. The van der Waals surface area contributed by atoms with Crippen molar-refractivity contribution >= 4 is 29.9 Å². The SMILES string of the molecule is Cl.NCC(=O)NCC(=O)Nc1ccc(CO)cc1. The lowest BCUT2D eigenvalue weighted by Gasteiger charge is -2.06. The van der Waals surface area contributed by atoms with Gasteiger partial charge >= 0.3 is 0 Å². The first-order valence-electron chi connectivity index (χ1n) is 5.12. The smallest absolute Gasteiger partial charge is 0.243 e. The highest BCUT2D eigenvalue weighted by molar-refractivity contribution is 5.94. The summed E-state index contributed by atoms with van der Waals surface area (Å²) < 4.78 is 0. The van der Waals surface area contributed by atoms with E-state index < -0.39 is 0 Å². The molecule has 100 valence electrons. The minimum atomic E-state index is -0.379. The van der Waals surface area contributed by atoms with Gasteiger partial charge in [-0.1, -0.05) is 12.1 Å². The van der Waals surface area contributed by atoms with Gasteiger partial charge in [-0.15, -0.1) is 12.4 Å². The predicted molar refractivity (Wildman–Crippen MR) is 70.3 cm³/mol. The Bertz CT molecular complexity index is 395. The number of hydrogen-bond donors (Lipinski definition) is 4. The molecule has 0 bridgehead atoms. The maximum absolute atomic E-state index is 11.4. The summed E-state index contributed by atoms with van der Waals surface area (Å²) in [6.07, 6.45) is 0. The van der Waals surface area contributed by atoms with Gasteiger partial charge in [-0.05, 0) is 17.7 Å². The van der Waals surface area contributed by atoms with Crippen LogP contribution < -0.4 is 16.4 Å². The van der Waals surface area contributed by atoms with Crippen LogP contribution in [0.15, 0.2) is 24.3 Å². The number of carbonyl (C=O) groups is 2. The first kappa shape index (κ1) is 16.4. The van der Waals surface area contributed by atoms with Crippen LogP contribution in [0.25, 0.3) is 0 Å². The number of halogens is 1. The molecule has 0 saturated heterocycles. The lowest BCUT2D eigenvalue weighted by Crippen LogP contribution is -2.36. The minimum absolute atomic E-state index is 0. The third-order valence-electron chi connectivity index (χ3n) is 2.05. The van der Waals surface area contributed by atoms with Crippen LogP contribution in [0, 0.1) is 0 Å². The molecule has 5 N–H and O–H groups in total. The van der Waals surface area contributed by atoms with Crippen molar-refractivity contribution in [3.8, 4) is 0 Å². The molecular formula is C11H16ClN3O3. The average Bonchev–Trinajstić information content (AvgIpc) is 2.36. The summed E-state index contributed by atoms with van der Waals surface area (Å²) in [6, 6.07) is 6.75. The van der Waals surface area contributed by atoms with Crippen molar-refractivity contribution in [3.05, 3.63) is 29.8 Å². The topological polar surface area (TPSA) is 104 Å². The van der Waals surface area contributed by atoms with Gasteiger partial charge in [0.25, 0.3) is 0 Å². The molecule has 0 unspecified atom stereocenters. The summed E-state index contributed by atoms with van der Waals surface area (Å²) in [5.74, 6) is -0.709. The van der Waals surface area contributed by atoms with Gasteiger partial charge in [0.15, 0.2) is 0 Å². The molecule has 1 aromatic carbocycles. The first-order valence-corrected chi connectivity index (χ1v) is 5.12. The van der Waals surface area contributed by atoms with Gasteiger partial charge in [0.05, 0.1) is 19.7 Å². The molecule has 0 atom stereocenters. The molecule has 2 amide bonds. The molecule has 0 saturated carbocycles. The summed E-state index contributed by atoms with van der Waals surface area (Å²) in [4.78, 5) is 22.2. The molecule has 1 rings (SSSR count). The van der Waals surface area contributed by atoms with Crippen LogP contribution in [0.4, 0.5) is 5.69 Å². The lowest BCUT2D eigenvalue weighted by atomic mass is 10.2. The van der Waals surface area contributed by atoms with Gasteiger partial charge in [-0.3, -0.25) is 9.59 Å². The number of amides is 2. The normalized spacial score (nSPS) is 9.22. The predicted octanol–water partition coefficient (Wildman–Crippen LogP) is -0.386. The number of nitrogens with two attached hydrogens (primary N) is 1. The second kappa shape index (κ2) is 8.46. The highest BCUT2D eigenvalue weighted by Gasteiger charge is 2.04. The maximum Gasteiger partial charge on any atom is 0.243 e. The Labute approximate surface area is 111 Å². The van der Waals surface area contributed by atoms with Gasteiger partial charge < -0.3 is 21.5 Å². The molecule has 1 aromatic rings. The molecule has 0 fully saturated rings. The second-order valence-corrected chi connectivity index (χ2v) is 3.38. The third-order valence-corrected chi connectivity index (χ3v) is 2.05. The average molecular weight is 274 g/mol. The molecule has 7 heteroatoms. The van der Waals surface area contributed by atoms with E-state index in [9.17, 15) is 9.59 Å². The Morgan fingerprint density at radius 2 is 1.78 bits per heavy atom. The first-order chi connectivity index (χ1) is 8.15. The highest BCUT2D eigenvalue weighted by atomic mass is 35.5. The Balaban J connectivity index is 0.00000289. The molecule has 0 heterocycles. The van der Waals surface area contributed by atoms with E-state index in [0.717, 1.165) is 5.56 Å². The number of aliphatic hydroxyl groups excluding tert-OH is 1. The van der Waals surface area contributed by atoms with Crippen LogP contribution in [0.1, 0.15) is 5.56 Å². The quantitative estimate of drug-likeness (QED) is 0.587. The zero-order valence-electron chi connectivity index (χ0n) is 9.68. The van der Waals surface area contributed by atoms with Crippen LogP contribution >= 0.6 is 12.4 Å². The van der Waals surface area contributed by atoms with Gasteiger partial charge in [-0.25, -0.2) is 0 Å². The van der Waals surface area contributed by atoms with Gasteiger partial charge in [0.2, 0.25) is 11.8 Å². The van der Waals surface area contributed by atoms with Crippen LogP contribution in [0.2, 0.25) is 0 Å². The molecule has 0 aliphatic heterocycles. The van der Waals surface area contributed by atoms with Crippen molar-refractivity contribution in [2.24, 2.45) is 5.73 Å². The van der Waals surface area contributed by atoms with Crippen molar-refractivity contribution in [1.29, 1.82) is 0 Å². The molecular weight excluding hydrogens is 258 g/mol. The largest absolute Gasteiger partial charge is 0.392 e. The number of carbonyl (C=O) groups excluding carboxylic acids is 2. The Hall–Kier alpha value is -1.63. The fraction of sp³-hybridized carbons (Fsp3) is 0.273. The van der Waals surface area contributed by atoms with E-state index in [0.29, 0.717) is 5.69 Å². The molecule has 6 nitrogen and oxygen atoms in total. The van der Waals surface area contributed by atoms with Crippen molar-refractivity contribution in [2.75, 3.05) is 18.4 Å². The zero-order valence-corrected chi connectivity index (χ0v) is 10.5. The van der Waals surface area contributed by atoms with Crippen LogP contribution in [-0.4, -0.2) is 30.0 Å². The van der Waals surface area contributed by atoms with Gasteiger partial charge in [0.1, 0.15) is 0 Å². The standard InChI is InChI=1S/C11H15N3O3.ClH/c12-5-10(16)13-6-11(17)14-9-3-1-8(7-15)2-4-9;/h1-4,15H,5-7,12H2,(H,13,16)(H,14,17);1H. The summed E-state index contributed by atoms with van der Waals surface area (Å²) in [5, 5.41) is 13.8. The van der Waals surface area contributed by atoms with Gasteiger partial charge in [0, 0.05) is 5.69 Å². The fourth-order valence-corrected chi connectivity index (χ4v) is 1.15. The number of rotatable bonds is 5. The molecule has 0 radical (unpaired) electrons. The van der Waals surface area contributed by atoms with Crippen molar-refractivity contribution in [2.45, 2.75) is 6.61 Å². The van der Waals surface area contributed by atoms with E-state index in [1.54, 1.807) is 24.3 Å². The van der Waals surface area contributed by atoms with Crippen LogP contribution in [0.3, 0.4) is 0 Å². The lowest BCUT2D eigenvalue weighted by molar-refractivity contribution is -0.123. The Kier molecular flexibility index (Phi) is 7.69. The van der Waals surface area contributed by atoms with E-state index in [-0.39, 0.29) is 43.9 Å². The summed E-state index contributed by atoms with van der Waals surface area (Å²) in [6.45, 7) is -0.295. The molecule has 18 heavy (non-hydrogen) atoms. The Morgan fingerprint density at radius 3 is 2.28 bits per heavy atom. The van der Waals surface area contributed by atoms with E-state index in [2.05, 4.69) is 10.6 Å². The van der Waals surface area contributed by atoms with Crippen LogP contribution in [0.5, 0.6) is 0 Å². The second-order valence-electron chi connectivity index (χ2n) is 3.38. The summed E-state index contributed by atoms with van der Waals surface area (Å²) in [7, 11) is 0. The molecule has 0 spiro atoms. The van der Waals surface area contributed by atoms with E-state index in [1.165, 1.54) is 0 Å². The number of benzene rings is 1. The van der Waals surface area contributed by atoms with Crippen molar-refractivity contribution < 1.29 is 14.7 Å². The van der Waals surface area contributed by atoms with Crippen molar-refractivity contribution in [3.63, 3.8) is 0 Å². The maximum atomic E-state index is 11.4. The van der Waals surface area contributed by atoms with E-state index in [1.807, 2.05) is 0 Å². The molecule has 0 aliphatic rings. The number of hydrogen-bond acceptors (Lipinski definition) is 4. The molecule has 0 aliphatic carbocycles. The minimum Gasteiger partial charge on any atom is -0.392 e.